The van der Waals surface area contributed by atoms with Gasteiger partial charge in [0.15, 0.2) is 0 Å². The molecule has 1 amide bonds. The first-order valence-electron chi connectivity index (χ1n) is 8.44. The number of halogens is 3. The fourth-order valence-electron chi connectivity index (χ4n) is 3.63. The predicted molar refractivity (Wildman–Crippen MR) is 91.9 cm³/mol. The molecule has 3 heterocycles. The van der Waals surface area contributed by atoms with Crippen LogP contribution in [0, 0.1) is 0 Å². The Morgan fingerprint density at radius 2 is 2.00 bits per heavy atom. The van der Waals surface area contributed by atoms with Gasteiger partial charge < -0.3 is 10.0 Å². The van der Waals surface area contributed by atoms with Gasteiger partial charge in [-0.25, -0.2) is 4.79 Å². The Kier molecular flexibility index (Phi) is 6.68. The topological polar surface area (TPSA) is 60.9 Å². The molecule has 0 saturated carbocycles. The maximum Gasteiger partial charge on any atom is 0.490 e. The maximum atomic E-state index is 12.0. The van der Waals surface area contributed by atoms with Crippen molar-refractivity contribution in [2.45, 2.75) is 50.4 Å². The van der Waals surface area contributed by atoms with Crippen LogP contribution in [0.1, 0.15) is 37.7 Å². The van der Waals surface area contributed by atoms with E-state index in [2.05, 4.69) is 26.6 Å². The van der Waals surface area contributed by atoms with Crippen LogP contribution in [0.4, 0.5) is 13.2 Å². The van der Waals surface area contributed by atoms with E-state index in [-0.39, 0.29) is 5.54 Å². The second-order valence-corrected chi connectivity index (χ2v) is 7.56. The molecule has 2 aliphatic heterocycles. The number of carboxylic acids is 1. The van der Waals surface area contributed by atoms with Gasteiger partial charge in [0.25, 0.3) is 0 Å². The van der Waals surface area contributed by atoms with Crippen molar-refractivity contribution in [1.82, 2.24) is 9.80 Å². The van der Waals surface area contributed by atoms with Gasteiger partial charge in [-0.3, -0.25) is 9.69 Å². The number of carbonyl (C=O) groups is 2. The lowest BCUT2D eigenvalue weighted by Crippen LogP contribution is -2.60. The molecular weight excluding hydrogens is 369 g/mol. The molecular formula is C17H23F3N2O3S. The zero-order valence-electron chi connectivity index (χ0n) is 14.6. The van der Waals surface area contributed by atoms with Crippen LogP contribution in [0.2, 0.25) is 0 Å². The summed E-state index contributed by atoms with van der Waals surface area (Å²) in [5, 5.41) is 11.5. The first-order valence-corrected chi connectivity index (χ1v) is 9.38. The number of aliphatic carboxylic acids is 1. The summed E-state index contributed by atoms with van der Waals surface area (Å²) >= 11 is 1.76. The maximum absolute atomic E-state index is 12.0. The molecule has 0 aromatic carbocycles. The van der Waals surface area contributed by atoms with Crippen molar-refractivity contribution in [3.8, 4) is 0 Å². The normalized spacial score (nSPS) is 24.3. The minimum absolute atomic E-state index is 0.115. The summed E-state index contributed by atoms with van der Waals surface area (Å²) < 4.78 is 31.7. The van der Waals surface area contributed by atoms with Crippen LogP contribution in [-0.4, -0.2) is 58.6 Å². The number of likely N-dealkylation sites (tertiary alicyclic amines) is 2. The lowest BCUT2D eigenvalue weighted by Gasteiger charge is -2.50. The molecule has 0 bridgehead atoms. The molecule has 0 aliphatic carbocycles. The van der Waals surface area contributed by atoms with Gasteiger partial charge in [0.1, 0.15) is 0 Å². The first-order chi connectivity index (χ1) is 12.1. The SMILES string of the molecule is CN1C(=O)CCCC12CCCN(Cc1ccsc1)C2.O=C(O)C(F)(F)F. The Balaban J connectivity index is 0.000000298. The Morgan fingerprint density at radius 3 is 2.58 bits per heavy atom. The molecule has 1 atom stereocenters. The second-order valence-electron chi connectivity index (χ2n) is 6.78. The van der Waals surface area contributed by atoms with E-state index in [1.807, 2.05) is 7.05 Å². The van der Waals surface area contributed by atoms with E-state index in [0.717, 1.165) is 25.9 Å². The number of hydrogen-bond acceptors (Lipinski definition) is 4. The van der Waals surface area contributed by atoms with Crippen LogP contribution in [0.15, 0.2) is 16.8 Å². The van der Waals surface area contributed by atoms with Crippen molar-refractivity contribution in [1.29, 1.82) is 0 Å². The van der Waals surface area contributed by atoms with E-state index in [1.54, 1.807) is 11.3 Å². The molecule has 0 radical (unpaired) electrons. The molecule has 1 aromatic rings. The number of likely N-dealkylation sites (N-methyl/N-ethyl adjacent to an activating group) is 1. The highest BCUT2D eigenvalue weighted by molar-refractivity contribution is 7.07. The summed E-state index contributed by atoms with van der Waals surface area (Å²) in [6.07, 6.45) is 0.282. The smallest absolute Gasteiger partial charge is 0.475 e. The fourth-order valence-corrected chi connectivity index (χ4v) is 4.29. The fraction of sp³-hybridized carbons (Fsp3) is 0.647. The number of rotatable bonds is 2. The van der Waals surface area contributed by atoms with E-state index in [4.69, 9.17) is 9.90 Å². The molecule has 1 aromatic heterocycles. The second kappa shape index (κ2) is 8.39. The highest BCUT2D eigenvalue weighted by Gasteiger charge is 2.43. The molecule has 146 valence electrons. The summed E-state index contributed by atoms with van der Waals surface area (Å²) in [5.74, 6) is -2.42. The number of hydrogen-bond donors (Lipinski definition) is 1. The van der Waals surface area contributed by atoms with Gasteiger partial charge in [-0.15, -0.1) is 0 Å². The number of amides is 1. The highest BCUT2D eigenvalue weighted by Crippen LogP contribution is 2.36. The summed E-state index contributed by atoms with van der Waals surface area (Å²) in [7, 11) is 2.01. The molecule has 26 heavy (non-hydrogen) atoms. The Bertz CT molecular complexity index is 617. The summed E-state index contributed by atoms with van der Waals surface area (Å²) in [6.45, 7) is 3.25. The van der Waals surface area contributed by atoms with Gasteiger partial charge in [0, 0.05) is 26.6 Å². The van der Waals surface area contributed by atoms with Crippen molar-refractivity contribution in [2.24, 2.45) is 0 Å². The zero-order chi connectivity index (χ0) is 19.4. The number of thiophene rings is 1. The van der Waals surface area contributed by atoms with Crippen molar-refractivity contribution in [3.63, 3.8) is 0 Å². The molecule has 1 unspecified atom stereocenters. The lowest BCUT2D eigenvalue weighted by molar-refractivity contribution is -0.192. The lowest BCUT2D eigenvalue weighted by atomic mass is 9.80. The van der Waals surface area contributed by atoms with Crippen molar-refractivity contribution < 1.29 is 27.9 Å². The average molecular weight is 392 g/mol. The van der Waals surface area contributed by atoms with Crippen LogP contribution >= 0.6 is 11.3 Å². The van der Waals surface area contributed by atoms with Crippen LogP contribution in [0.5, 0.6) is 0 Å². The van der Waals surface area contributed by atoms with E-state index in [1.165, 1.54) is 31.4 Å². The molecule has 9 heteroatoms. The quantitative estimate of drug-likeness (QED) is 0.839. The Hall–Kier alpha value is -1.61. The number of alkyl halides is 3. The summed E-state index contributed by atoms with van der Waals surface area (Å²) in [5.41, 5.74) is 1.52. The summed E-state index contributed by atoms with van der Waals surface area (Å²) in [4.78, 5) is 25.5. The minimum atomic E-state index is -5.08. The largest absolute Gasteiger partial charge is 0.490 e. The van der Waals surface area contributed by atoms with Crippen LogP contribution in [0.25, 0.3) is 0 Å². The third-order valence-electron chi connectivity index (χ3n) is 4.98. The van der Waals surface area contributed by atoms with E-state index < -0.39 is 12.1 Å². The third kappa shape index (κ3) is 5.20. The van der Waals surface area contributed by atoms with Crippen molar-refractivity contribution in [3.05, 3.63) is 22.4 Å². The molecule has 2 aliphatic rings. The van der Waals surface area contributed by atoms with Crippen LogP contribution < -0.4 is 0 Å². The summed E-state index contributed by atoms with van der Waals surface area (Å²) in [6, 6.07) is 2.21. The van der Waals surface area contributed by atoms with Gasteiger partial charge >= 0.3 is 12.1 Å². The Morgan fingerprint density at radius 1 is 1.35 bits per heavy atom. The van der Waals surface area contributed by atoms with Gasteiger partial charge in [0.05, 0.1) is 5.54 Å². The molecule has 2 fully saturated rings. The van der Waals surface area contributed by atoms with E-state index >= 15 is 0 Å². The van der Waals surface area contributed by atoms with Crippen LogP contribution in [-0.2, 0) is 16.1 Å². The predicted octanol–water partition coefficient (Wildman–Crippen LogP) is 3.36. The molecule has 1 spiro atoms. The van der Waals surface area contributed by atoms with Gasteiger partial charge in [-0.05, 0) is 54.6 Å². The number of carbonyl (C=O) groups excluding carboxylic acids is 1. The minimum Gasteiger partial charge on any atom is -0.475 e. The standard InChI is InChI=1S/C15H22N2OS.C2HF3O2/c1-16-14(18)4-2-6-15(16)7-3-8-17(12-15)10-13-5-9-19-11-13;3-2(4,5)1(6)7/h5,9,11H,2-4,6-8,10,12H2,1H3;(H,6,7). The molecule has 1 N–H and O–H groups in total. The van der Waals surface area contributed by atoms with Gasteiger partial charge in [-0.2, -0.15) is 24.5 Å². The average Bonchev–Trinajstić information content (AvgIpc) is 3.06. The molecule has 5 nitrogen and oxygen atoms in total. The van der Waals surface area contributed by atoms with E-state index in [0.29, 0.717) is 5.91 Å². The van der Waals surface area contributed by atoms with Crippen LogP contribution in [0.3, 0.4) is 0 Å². The van der Waals surface area contributed by atoms with E-state index in [9.17, 15) is 18.0 Å². The molecule has 2 saturated heterocycles. The first kappa shape index (κ1) is 20.7. The van der Waals surface area contributed by atoms with Crippen molar-refractivity contribution in [2.75, 3.05) is 20.1 Å². The highest BCUT2D eigenvalue weighted by atomic mass is 32.1. The van der Waals surface area contributed by atoms with Gasteiger partial charge in [-0.1, -0.05) is 0 Å². The number of piperidine rings is 2. The monoisotopic (exact) mass is 392 g/mol. The van der Waals surface area contributed by atoms with Crippen molar-refractivity contribution >= 4 is 23.2 Å². The number of nitrogens with zero attached hydrogens (tertiary/aromatic N) is 2. The van der Waals surface area contributed by atoms with Gasteiger partial charge in [0.2, 0.25) is 5.91 Å². The third-order valence-corrected chi connectivity index (χ3v) is 5.71. The number of carboxylic acid groups (broad SMARTS) is 1. The zero-order valence-corrected chi connectivity index (χ0v) is 15.4. The Labute approximate surface area is 154 Å². The molecule has 3 rings (SSSR count).